The number of benzene rings is 2. The van der Waals surface area contributed by atoms with E-state index in [4.69, 9.17) is 34.2 Å². The first kappa shape index (κ1) is 29.9. The molecule has 0 aliphatic heterocycles. The van der Waals surface area contributed by atoms with Crippen LogP contribution in [0.5, 0.6) is 5.75 Å². The number of ether oxygens (including phenoxy) is 6. The molecule has 0 atom stereocenters. The van der Waals surface area contributed by atoms with Gasteiger partial charge in [-0.1, -0.05) is 30.0 Å². The largest absolute Gasteiger partial charge is 0.490 e. The van der Waals surface area contributed by atoms with Crippen molar-refractivity contribution >= 4 is 17.5 Å². The molecule has 2 aromatic carbocycles. The highest BCUT2D eigenvalue weighted by molar-refractivity contribution is 5.90. The molecule has 1 amide bonds. The Bertz CT molecular complexity index is 1010. The summed E-state index contributed by atoms with van der Waals surface area (Å²) in [5, 5.41) is 2.68. The molecule has 0 aromatic heterocycles. The van der Waals surface area contributed by atoms with Gasteiger partial charge in [-0.3, -0.25) is 5.32 Å². The average Bonchev–Trinajstić information content (AvgIpc) is 2.85. The van der Waals surface area contributed by atoms with Crippen LogP contribution in [0.2, 0.25) is 0 Å². The molecular formula is C28H38N2O7. The van der Waals surface area contributed by atoms with Crippen molar-refractivity contribution in [3.8, 4) is 17.6 Å². The van der Waals surface area contributed by atoms with Crippen LogP contribution in [0.1, 0.15) is 31.9 Å². The van der Waals surface area contributed by atoms with E-state index in [2.05, 4.69) is 17.2 Å². The van der Waals surface area contributed by atoms with Gasteiger partial charge in [0.25, 0.3) is 0 Å². The lowest BCUT2D eigenvalue weighted by Gasteiger charge is -2.20. The summed E-state index contributed by atoms with van der Waals surface area (Å²) >= 11 is 0. The van der Waals surface area contributed by atoms with Crippen molar-refractivity contribution in [3.63, 3.8) is 0 Å². The third kappa shape index (κ3) is 13.0. The fourth-order valence-corrected chi connectivity index (χ4v) is 2.89. The first-order valence-corrected chi connectivity index (χ1v) is 12.1. The van der Waals surface area contributed by atoms with E-state index in [1.807, 2.05) is 30.3 Å². The van der Waals surface area contributed by atoms with Crippen molar-refractivity contribution in [1.82, 2.24) is 0 Å². The lowest BCUT2D eigenvalue weighted by molar-refractivity contribution is 0.000157. The highest BCUT2D eigenvalue weighted by Gasteiger charge is 2.18. The standard InChI is InChI=1S/C28H38N2O7/c1-28(2,3)37-27(31)30-25-21-26(23(20-24(25)29)11-10-22-8-6-5-7-9-22)36-19-18-35-17-16-34-15-14-33-13-12-32-4/h5-9,20-21H,12-19,29H2,1-4H3,(H,30,31). The Morgan fingerprint density at radius 1 is 0.865 bits per heavy atom. The number of anilines is 2. The van der Waals surface area contributed by atoms with E-state index in [0.29, 0.717) is 68.9 Å². The summed E-state index contributed by atoms with van der Waals surface area (Å²) in [4.78, 5) is 12.3. The van der Waals surface area contributed by atoms with Gasteiger partial charge in [-0.2, -0.15) is 0 Å². The van der Waals surface area contributed by atoms with Crippen LogP contribution in [0.25, 0.3) is 0 Å². The molecule has 0 radical (unpaired) electrons. The topological polar surface area (TPSA) is 110 Å². The smallest absolute Gasteiger partial charge is 0.412 e. The van der Waals surface area contributed by atoms with E-state index in [1.54, 1.807) is 40.0 Å². The van der Waals surface area contributed by atoms with Gasteiger partial charge in [0.15, 0.2) is 0 Å². The van der Waals surface area contributed by atoms with Crippen molar-refractivity contribution < 1.29 is 33.2 Å². The quantitative estimate of drug-likeness (QED) is 0.220. The molecule has 202 valence electrons. The SMILES string of the molecule is COCCOCCOCCOCCOc1cc(NC(=O)OC(C)(C)C)c(N)cc1C#Cc1ccccc1. The molecule has 37 heavy (non-hydrogen) atoms. The van der Waals surface area contributed by atoms with E-state index in [0.717, 1.165) is 5.56 Å². The van der Waals surface area contributed by atoms with Gasteiger partial charge in [-0.25, -0.2) is 4.79 Å². The van der Waals surface area contributed by atoms with Crippen LogP contribution in [0.15, 0.2) is 42.5 Å². The Morgan fingerprint density at radius 2 is 1.46 bits per heavy atom. The molecule has 0 heterocycles. The summed E-state index contributed by atoms with van der Waals surface area (Å²) in [7, 11) is 1.63. The first-order valence-electron chi connectivity index (χ1n) is 12.1. The van der Waals surface area contributed by atoms with Gasteiger partial charge in [0, 0.05) is 18.7 Å². The predicted molar refractivity (Wildman–Crippen MR) is 143 cm³/mol. The van der Waals surface area contributed by atoms with E-state index in [9.17, 15) is 4.79 Å². The maximum absolute atomic E-state index is 12.3. The summed E-state index contributed by atoms with van der Waals surface area (Å²) in [5.74, 6) is 6.68. The highest BCUT2D eigenvalue weighted by Crippen LogP contribution is 2.29. The molecule has 9 nitrogen and oxygen atoms in total. The van der Waals surface area contributed by atoms with Gasteiger partial charge in [-0.05, 0) is 39.0 Å². The second-order valence-electron chi connectivity index (χ2n) is 8.86. The van der Waals surface area contributed by atoms with Gasteiger partial charge < -0.3 is 34.2 Å². The number of hydrogen-bond acceptors (Lipinski definition) is 8. The number of carbonyl (C=O) groups is 1. The number of nitrogen functional groups attached to an aromatic ring is 1. The van der Waals surface area contributed by atoms with Crippen LogP contribution in [0.4, 0.5) is 16.2 Å². The summed E-state index contributed by atoms with van der Waals surface area (Å²) in [6.45, 7) is 8.97. The number of hydrogen-bond donors (Lipinski definition) is 2. The van der Waals surface area contributed by atoms with Crippen molar-refractivity contribution in [3.05, 3.63) is 53.6 Å². The van der Waals surface area contributed by atoms with Gasteiger partial charge in [-0.15, -0.1) is 0 Å². The van der Waals surface area contributed by atoms with Crippen LogP contribution in [-0.2, 0) is 23.7 Å². The molecule has 0 spiro atoms. The summed E-state index contributed by atoms with van der Waals surface area (Å²) in [6, 6.07) is 12.9. The maximum atomic E-state index is 12.3. The second-order valence-corrected chi connectivity index (χ2v) is 8.86. The molecule has 2 rings (SSSR count). The van der Waals surface area contributed by atoms with Gasteiger partial charge in [0.05, 0.1) is 63.2 Å². The Kier molecular flexibility index (Phi) is 13.3. The number of nitrogens with two attached hydrogens (primary N) is 1. The normalized spacial score (nSPS) is 10.9. The lowest BCUT2D eigenvalue weighted by atomic mass is 10.1. The summed E-state index contributed by atoms with van der Waals surface area (Å²) < 4.78 is 32.5. The van der Waals surface area contributed by atoms with Crippen molar-refractivity contribution in [1.29, 1.82) is 0 Å². The van der Waals surface area contributed by atoms with Gasteiger partial charge >= 0.3 is 6.09 Å². The van der Waals surface area contributed by atoms with E-state index in [-0.39, 0.29) is 6.61 Å². The molecular weight excluding hydrogens is 476 g/mol. The molecule has 9 heteroatoms. The van der Waals surface area contributed by atoms with Crippen molar-refractivity contribution in [2.24, 2.45) is 0 Å². The zero-order chi connectivity index (χ0) is 26.9. The van der Waals surface area contributed by atoms with Crippen molar-refractivity contribution in [2.75, 3.05) is 71.0 Å². The fourth-order valence-electron chi connectivity index (χ4n) is 2.89. The van der Waals surface area contributed by atoms with Gasteiger partial charge in [0.2, 0.25) is 0 Å². The van der Waals surface area contributed by atoms with Crippen LogP contribution >= 0.6 is 0 Å². The zero-order valence-corrected chi connectivity index (χ0v) is 22.1. The average molecular weight is 515 g/mol. The molecule has 3 N–H and O–H groups in total. The molecule has 0 aliphatic carbocycles. The van der Waals surface area contributed by atoms with E-state index >= 15 is 0 Å². The maximum Gasteiger partial charge on any atom is 0.412 e. The second kappa shape index (κ2) is 16.5. The molecule has 0 bridgehead atoms. The van der Waals surface area contributed by atoms with E-state index in [1.165, 1.54) is 0 Å². The third-order valence-electron chi connectivity index (χ3n) is 4.56. The number of rotatable bonds is 14. The molecule has 0 fully saturated rings. The predicted octanol–water partition coefficient (Wildman–Crippen LogP) is 4.09. The van der Waals surface area contributed by atoms with Gasteiger partial charge in [0.1, 0.15) is 18.0 Å². The molecule has 0 aliphatic rings. The zero-order valence-electron chi connectivity index (χ0n) is 22.1. The van der Waals surface area contributed by atoms with Crippen LogP contribution in [0.3, 0.4) is 0 Å². The summed E-state index contributed by atoms with van der Waals surface area (Å²) in [6.07, 6.45) is -0.610. The van der Waals surface area contributed by atoms with Crippen molar-refractivity contribution in [2.45, 2.75) is 26.4 Å². The van der Waals surface area contributed by atoms with Crippen LogP contribution in [-0.4, -0.2) is 71.7 Å². The Balaban J connectivity index is 1.93. The molecule has 2 aromatic rings. The minimum absolute atomic E-state index is 0.274. The van der Waals surface area contributed by atoms with Crippen LogP contribution in [0, 0.1) is 11.8 Å². The van der Waals surface area contributed by atoms with E-state index < -0.39 is 11.7 Å². The fraction of sp³-hybridized carbons (Fsp3) is 0.464. The monoisotopic (exact) mass is 514 g/mol. The number of carbonyl (C=O) groups excluding carboxylic acids is 1. The number of methoxy groups -OCH3 is 1. The Hall–Kier alpha value is -3.29. The molecule has 0 unspecified atom stereocenters. The number of nitrogens with one attached hydrogen (secondary N) is 1. The summed E-state index contributed by atoms with van der Waals surface area (Å²) in [5.41, 5.74) is 7.71. The molecule has 0 saturated heterocycles. The highest BCUT2D eigenvalue weighted by atomic mass is 16.6. The lowest BCUT2D eigenvalue weighted by Crippen LogP contribution is -2.27. The Morgan fingerprint density at radius 3 is 2.05 bits per heavy atom. The third-order valence-corrected chi connectivity index (χ3v) is 4.56. The number of amides is 1. The minimum atomic E-state index is -0.642. The molecule has 0 saturated carbocycles. The first-order chi connectivity index (χ1) is 17.8. The Labute approximate surface area is 219 Å². The minimum Gasteiger partial charge on any atom is -0.490 e. The van der Waals surface area contributed by atoms with Crippen LogP contribution < -0.4 is 15.8 Å².